The highest BCUT2D eigenvalue weighted by Gasteiger charge is 2.33. The fraction of sp³-hybridized carbons (Fsp3) is 0.294. The molecule has 2 heteroatoms. The molecular weight excluding hydrogens is 232 g/mol. The number of fused-ring (bicyclic) bond motifs is 1. The molecule has 2 nitrogen and oxygen atoms in total. The molecular formula is C17H20N2. The van der Waals surface area contributed by atoms with Gasteiger partial charge in [0.2, 0.25) is 0 Å². The van der Waals surface area contributed by atoms with Crippen LogP contribution in [0.1, 0.15) is 18.9 Å². The minimum atomic E-state index is 0.401. The first kappa shape index (κ1) is 12.1. The predicted octanol–water partition coefficient (Wildman–Crippen LogP) is 4.32. The molecule has 0 saturated heterocycles. The summed E-state index contributed by atoms with van der Waals surface area (Å²) in [6, 6.07) is 17.3. The van der Waals surface area contributed by atoms with E-state index in [1.807, 2.05) is 0 Å². The second-order valence-corrected chi connectivity index (χ2v) is 5.14. The van der Waals surface area contributed by atoms with Gasteiger partial charge in [-0.2, -0.15) is 0 Å². The summed E-state index contributed by atoms with van der Waals surface area (Å²) in [5.41, 5.74) is 5.26. The van der Waals surface area contributed by atoms with Crippen LogP contribution in [0.3, 0.4) is 0 Å². The van der Waals surface area contributed by atoms with E-state index in [-0.39, 0.29) is 0 Å². The zero-order chi connectivity index (χ0) is 13.4. The molecule has 0 spiro atoms. The summed E-state index contributed by atoms with van der Waals surface area (Å²) < 4.78 is 0. The lowest BCUT2D eigenvalue weighted by Crippen LogP contribution is -2.38. The molecule has 0 N–H and O–H groups in total. The lowest BCUT2D eigenvalue weighted by Gasteiger charge is -2.31. The molecule has 0 radical (unpaired) electrons. The monoisotopic (exact) mass is 252 g/mol. The van der Waals surface area contributed by atoms with E-state index in [1.54, 1.807) is 0 Å². The Balaban J connectivity index is 2.17. The van der Waals surface area contributed by atoms with E-state index in [2.05, 4.69) is 79.2 Å². The van der Waals surface area contributed by atoms with Crippen molar-refractivity contribution in [1.29, 1.82) is 0 Å². The number of rotatable bonds is 2. The highest BCUT2D eigenvalue weighted by Crippen LogP contribution is 2.44. The molecule has 3 rings (SSSR count). The van der Waals surface area contributed by atoms with E-state index in [1.165, 1.54) is 22.6 Å². The smallest absolute Gasteiger partial charge is 0.106 e. The highest BCUT2D eigenvalue weighted by atomic mass is 15.4. The highest BCUT2D eigenvalue weighted by molar-refractivity contribution is 5.84. The van der Waals surface area contributed by atoms with Gasteiger partial charge in [0, 0.05) is 12.7 Å². The first-order chi connectivity index (χ1) is 9.24. The minimum Gasteiger partial charge on any atom is -0.352 e. The van der Waals surface area contributed by atoms with Gasteiger partial charge in [0.25, 0.3) is 0 Å². The third-order valence-corrected chi connectivity index (χ3v) is 4.01. The predicted molar refractivity (Wildman–Crippen MR) is 82.2 cm³/mol. The summed E-state index contributed by atoms with van der Waals surface area (Å²) >= 11 is 0. The quantitative estimate of drug-likeness (QED) is 0.785. The molecule has 1 aliphatic rings. The van der Waals surface area contributed by atoms with Crippen LogP contribution < -0.4 is 9.80 Å². The van der Waals surface area contributed by atoms with Crippen LogP contribution >= 0.6 is 0 Å². The molecule has 0 saturated carbocycles. The third-order valence-electron chi connectivity index (χ3n) is 4.01. The summed E-state index contributed by atoms with van der Waals surface area (Å²) in [7, 11) is 2.19. The van der Waals surface area contributed by atoms with E-state index in [0.717, 1.165) is 6.42 Å². The van der Waals surface area contributed by atoms with Crippen LogP contribution in [0.4, 0.5) is 17.1 Å². The standard InChI is InChI=1S/C17H20N2/c1-4-17-18(3)15-11-7-8-12-16(15)19(17)14-10-6-5-9-13(14)2/h5-12,17H,4H2,1-3H3. The van der Waals surface area contributed by atoms with E-state index < -0.39 is 0 Å². The molecule has 0 bridgehead atoms. The first-order valence-electron chi connectivity index (χ1n) is 6.90. The van der Waals surface area contributed by atoms with Crippen LogP contribution in [-0.2, 0) is 0 Å². The summed E-state index contributed by atoms with van der Waals surface area (Å²) in [6.45, 7) is 4.43. The SMILES string of the molecule is CCC1N(C)c2ccccc2N1c1ccccc1C. The van der Waals surface area contributed by atoms with Gasteiger partial charge in [-0.05, 0) is 37.1 Å². The molecule has 0 fully saturated rings. The van der Waals surface area contributed by atoms with E-state index in [9.17, 15) is 0 Å². The Hall–Kier alpha value is -1.96. The third kappa shape index (κ3) is 1.79. The maximum Gasteiger partial charge on any atom is 0.106 e. The van der Waals surface area contributed by atoms with Gasteiger partial charge in [0.1, 0.15) is 6.17 Å². The zero-order valence-corrected chi connectivity index (χ0v) is 11.8. The molecule has 1 unspecified atom stereocenters. The van der Waals surface area contributed by atoms with Gasteiger partial charge in [-0.25, -0.2) is 0 Å². The second-order valence-electron chi connectivity index (χ2n) is 5.14. The molecule has 0 aromatic heterocycles. The largest absolute Gasteiger partial charge is 0.352 e. The fourth-order valence-corrected chi connectivity index (χ4v) is 3.04. The number of benzene rings is 2. The van der Waals surface area contributed by atoms with Crippen molar-refractivity contribution in [2.45, 2.75) is 26.4 Å². The molecule has 0 amide bonds. The number of anilines is 3. The summed E-state index contributed by atoms with van der Waals surface area (Å²) in [5.74, 6) is 0. The van der Waals surface area contributed by atoms with Gasteiger partial charge in [0.05, 0.1) is 11.4 Å². The maximum absolute atomic E-state index is 2.46. The molecule has 1 atom stereocenters. The van der Waals surface area contributed by atoms with Crippen LogP contribution in [0.2, 0.25) is 0 Å². The molecule has 0 aliphatic carbocycles. The van der Waals surface area contributed by atoms with Crippen molar-refractivity contribution in [2.75, 3.05) is 16.8 Å². The van der Waals surface area contributed by atoms with Crippen molar-refractivity contribution in [3.05, 3.63) is 54.1 Å². The fourth-order valence-electron chi connectivity index (χ4n) is 3.04. The Morgan fingerprint density at radius 3 is 2.11 bits per heavy atom. The van der Waals surface area contributed by atoms with Crippen molar-refractivity contribution in [3.8, 4) is 0 Å². The Morgan fingerprint density at radius 1 is 0.895 bits per heavy atom. The van der Waals surface area contributed by atoms with Gasteiger partial charge in [-0.15, -0.1) is 0 Å². The van der Waals surface area contributed by atoms with Crippen molar-refractivity contribution in [3.63, 3.8) is 0 Å². The van der Waals surface area contributed by atoms with Crippen LogP contribution in [0.25, 0.3) is 0 Å². The number of para-hydroxylation sites is 3. The number of hydrogen-bond donors (Lipinski definition) is 0. The normalized spacial score (nSPS) is 17.7. The van der Waals surface area contributed by atoms with Crippen molar-refractivity contribution < 1.29 is 0 Å². The molecule has 98 valence electrons. The molecule has 1 heterocycles. The topological polar surface area (TPSA) is 6.48 Å². The Morgan fingerprint density at radius 2 is 1.47 bits per heavy atom. The lowest BCUT2D eigenvalue weighted by molar-refractivity contribution is 0.646. The Kier molecular flexibility index (Phi) is 2.94. The number of aryl methyl sites for hydroxylation is 1. The minimum absolute atomic E-state index is 0.401. The first-order valence-corrected chi connectivity index (χ1v) is 6.90. The molecule has 2 aromatic carbocycles. The van der Waals surface area contributed by atoms with Crippen LogP contribution in [0.15, 0.2) is 48.5 Å². The summed E-state index contributed by atoms with van der Waals surface area (Å²) in [5, 5.41) is 0. The molecule has 1 aliphatic heterocycles. The second kappa shape index (κ2) is 4.61. The summed E-state index contributed by atoms with van der Waals surface area (Å²) in [6.07, 6.45) is 1.50. The lowest BCUT2D eigenvalue weighted by atomic mass is 10.1. The Bertz CT molecular complexity index is 591. The van der Waals surface area contributed by atoms with Crippen LogP contribution in [0.5, 0.6) is 0 Å². The average Bonchev–Trinajstić information content (AvgIpc) is 2.72. The van der Waals surface area contributed by atoms with Gasteiger partial charge in [-0.3, -0.25) is 0 Å². The van der Waals surface area contributed by atoms with Gasteiger partial charge in [-0.1, -0.05) is 37.3 Å². The van der Waals surface area contributed by atoms with E-state index >= 15 is 0 Å². The number of hydrogen-bond acceptors (Lipinski definition) is 2. The van der Waals surface area contributed by atoms with E-state index in [0.29, 0.717) is 6.17 Å². The molecule has 19 heavy (non-hydrogen) atoms. The summed E-state index contributed by atoms with van der Waals surface area (Å²) in [4.78, 5) is 4.84. The molecule has 2 aromatic rings. The Labute approximate surface area is 115 Å². The van der Waals surface area contributed by atoms with Crippen molar-refractivity contribution in [1.82, 2.24) is 0 Å². The van der Waals surface area contributed by atoms with Crippen LogP contribution in [-0.4, -0.2) is 13.2 Å². The van der Waals surface area contributed by atoms with Gasteiger partial charge < -0.3 is 9.80 Å². The van der Waals surface area contributed by atoms with Crippen LogP contribution in [0, 0.1) is 6.92 Å². The number of nitrogens with zero attached hydrogens (tertiary/aromatic N) is 2. The average molecular weight is 252 g/mol. The maximum atomic E-state index is 2.46. The van der Waals surface area contributed by atoms with Crippen molar-refractivity contribution >= 4 is 17.1 Å². The van der Waals surface area contributed by atoms with Gasteiger partial charge >= 0.3 is 0 Å². The van der Waals surface area contributed by atoms with Crippen molar-refractivity contribution in [2.24, 2.45) is 0 Å². The van der Waals surface area contributed by atoms with Gasteiger partial charge in [0.15, 0.2) is 0 Å². The van der Waals surface area contributed by atoms with E-state index in [4.69, 9.17) is 0 Å². The zero-order valence-electron chi connectivity index (χ0n) is 11.8.